The first-order chi connectivity index (χ1) is 6.86. The molecule has 0 aliphatic carbocycles. The fourth-order valence-corrected chi connectivity index (χ4v) is 1.09. The average molecular weight is 214 g/mol. The molecule has 0 spiro atoms. The normalized spacial score (nSPS) is 9.93. The SMILES string of the molecule is Cc1c([N+](=O)[O-])cn(O)c(=N)c1[N+](=O)[O-]. The van der Waals surface area contributed by atoms with Gasteiger partial charge in [0.15, 0.2) is 0 Å². The van der Waals surface area contributed by atoms with Crippen LogP contribution in [0.2, 0.25) is 0 Å². The van der Waals surface area contributed by atoms with E-state index in [1.807, 2.05) is 0 Å². The lowest BCUT2D eigenvalue weighted by Gasteiger charge is -2.01. The molecule has 1 aromatic heterocycles. The van der Waals surface area contributed by atoms with Gasteiger partial charge in [0.2, 0.25) is 5.49 Å². The number of nitro groups is 2. The van der Waals surface area contributed by atoms with Crippen LogP contribution in [0.1, 0.15) is 5.56 Å². The van der Waals surface area contributed by atoms with E-state index >= 15 is 0 Å². The van der Waals surface area contributed by atoms with E-state index in [1.165, 1.54) is 0 Å². The Morgan fingerprint density at radius 1 is 1.40 bits per heavy atom. The molecule has 0 unspecified atom stereocenters. The van der Waals surface area contributed by atoms with Crippen molar-refractivity contribution in [1.29, 1.82) is 5.41 Å². The average Bonchev–Trinajstić information content (AvgIpc) is 2.10. The topological polar surface area (TPSA) is 135 Å². The monoisotopic (exact) mass is 214 g/mol. The fraction of sp³-hybridized carbons (Fsp3) is 0.167. The maximum atomic E-state index is 10.5. The Bertz CT molecular complexity index is 505. The molecule has 0 aromatic carbocycles. The second-order valence-electron chi connectivity index (χ2n) is 2.70. The number of nitrogens with one attached hydrogen (secondary N) is 1. The van der Waals surface area contributed by atoms with Crippen LogP contribution in [0.3, 0.4) is 0 Å². The van der Waals surface area contributed by atoms with Gasteiger partial charge in [-0.25, -0.2) is 0 Å². The minimum Gasteiger partial charge on any atom is -0.426 e. The highest BCUT2D eigenvalue weighted by molar-refractivity contribution is 5.49. The van der Waals surface area contributed by atoms with Crippen LogP contribution in [0, 0.1) is 32.6 Å². The van der Waals surface area contributed by atoms with Gasteiger partial charge in [-0.1, -0.05) is 0 Å². The van der Waals surface area contributed by atoms with E-state index in [1.54, 1.807) is 0 Å². The third-order valence-corrected chi connectivity index (χ3v) is 1.82. The Labute approximate surface area is 82.0 Å². The van der Waals surface area contributed by atoms with E-state index in [2.05, 4.69) is 0 Å². The summed E-state index contributed by atoms with van der Waals surface area (Å²) in [6, 6.07) is 0. The highest BCUT2D eigenvalue weighted by Crippen LogP contribution is 2.22. The van der Waals surface area contributed by atoms with Crippen molar-refractivity contribution in [2.45, 2.75) is 6.92 Å². The van der Waals surface area contributed by atoms with Gasteiger partial charge in [-0.15, -0.1) is 0 Å². The standard InChI is InChI=1S/C6H6N4O5/c1-3-4(9(12)13)2-8(11)6(7)5(3)10(14)15/h2,7,11H,1H3. The summed E-state index contributed by atoms with van der Waals surface area (Å²) in [5.41, 5.74) is -2.46. The van der Waals surface area contributed by atoms with Crippen LogP contribution >= 0.6 is 0 Å². The molecule has 80 valence electrons. The van der Waals surface area contributed by atoms with Gasteiger partial charge >= 0.3 is 5.69 Å². The molecule has 0 fully saturated rings. The molecule has 0 amide bonds. The first-order valence-electron chi connectivity index (χ1n) is 3.65. The summed E-state index contributed by atoms with van der Waals surface area (Å²) in [5.74, 6) is 0. The number of nitrogens with zero attached hydrogens (tertiary/aromatic N) is 3. The van der Waals surface area contributed by atoms with Gasteiger partial charge in [0.25, 0.3) is 5.69 Å². The summed E-state index contributed by atoms with van der Waals surface area (Å²) < 4.78 is 0.0449. The van der Waals surface area contributed by atoms with Crippen molar-refractivity contribution < 1.29 is 15.1 Å². The van der Waals surface area contributed by atoms with Crippen molar-refractivity contribution in [1.82, 2.24) is 4.73 Å². The van der Waals surface area contributed by atoms with E-state index < -0.39 is 26.7 Å². The third-order valence-electron chi connectivity index (χ3n) is 1.82. The van der Waals surface area contributed by atoms with Crippen molar-refractivity contribution in [2.75, 3.05) is 0 Å². The Morgan fingerprint density at radius 2 is 1.93 bits per heavy atom. The minimum atomic E-state index is -0.947. The number of rotatable bonds is 2. The van der Waals surface area contributed by atoms with Crippen molar-refractivity contribution in [3.05, 3.63) is 37.5 Å². The lowest BCUT2D eigenvalue weighted by atomic mass is 10.2. The molecule has 0 atom stereocenters. The number of pyridine rings is 1. The maximum absolute atomic E-state index is 10.5. The minimum absolute atomic E-state index is 0.0449. The van der Waals surface area contributed by atoms with E-state index in [9.17, 15) is 20.2 Å². The van der Waals surface area contributed by atoms with Crippen LogP contribution in [-0.4, -0.2) is 19.8 Å². The molecule has 0 aliphatic rings. The van der Waals surface area contributed by atoms with Crippen LogP contribution in [-0.2, 0) is 0 Å². The number of hydrogen-bond acceptors (Lipinski definition) is 6. The van der Waals surface area contributed by atoms with Crippen molar-refractivity contribution in [2.24, 2.45) is 0 Å². The van der Waals surface area contributed by atoms with Crippen molar-refractivity contribution in [3.63, 3.8) is 0 Å². The number of aromatic nitrogens is 1. The quantitative estimate of drug-likeness (QED) is 0.415. The van der Waals surface area contributed by atoms with Gasteiger partial charge in [-0.3, -0.25) is 25.6 Å². The Kier molecular flexibility index (Phi) is 2.38. The highest BCUT2D eigenvalue weighted by atomic mass is 16.6. The van der Waals surface area contributed by atoms with Crippen LogP contribution < -0.4 is 5.49 Å². The molecule has 1 heterocycles. The first-order valence-corrected chi connectivity index (χ1v) is 3.65. The van der Waals surface area contributed by atoms with Crippen LogP contribution in [0.15, 0.2) is 6.20 Å². The summed E-state index contributed by atoms with van der Waals surface area (Å²) in [7, 11) is 0. The smallest absolute Gasteiger partial charge is 0.324 e. The molecule has 0 saturated carbocycles. The zero-order chi connectivity index (χ0) is 11.7. The molecule has 0 saturated heterocycles. The lowest BCUT2D eigenvalue weighted by molar-refractivity contribution is -0.397. The second-order valence-corrected chi connectivity index (χ2v) is 2.70. The third kappa shape index (κ3) is 1.61. The van der Waals surface area contributed by atoms with E-state index in [4.69, 9.17) is 10.6 Å². The van der Waals surface area contributed by atoms with Gasteiger partial charge in [-0.05, 0) is 6.92 Å². The second kappa shape index (κ2) is 3.36. The predicted molar refractivity (Wildman–Crippen MR) is 45.5 cm³/mol. The van der Waals surface area contributed by atoms with Gasteiger partial charge in [0.05, 0.1) is 9.85 Å². The van der Waals surface area contributed by atoms with Crippen LogP contribution in [0.4, 0.5) is 11.4 Å². The summed E-state index contributed by atoms with van der Waals surface area (Å²) in [6.45, 7) is 1.15. The molecule has 9 heteroatoms. The highest BCUT2D eigenvalue weighted by Gasteiger charge is 2.25. The van der Waals surface area contributed by atoms with E-state index in [0.717, 1.165) is 6.92 Å². The lowest BCUT2D eigenvalue weighted by Crippen LogP contribution is -2.22. The van der Waals surface area contributed by atoms with Crippen molar-refractivity contribution >= 4 is 11.4 Å². The molecule has 15 heavy (non-hydrogen) atoms. The van der Waals surface area contributed by atoms with Gasteiger partial charge < -0.3 is 5.21 Å². The molecule has 2 N–H and O–H groups in total. The van der Waals surface area contributed by atoms with Gasteiger partial charge in [0.1, 0.15) is 11.8 Å². The summed E-state index contributed by atoms with van der Waals surface area (Å²) in [6.07, 6.45) is 0.644. The van der Waals surface area contributed by atoms with Crippen LogP contribution in [0.5, 0.6) is 0 Å². The first kappa shape index (κ1) is 10.6. The van der Waals surface area contributed by atoms with E-state index in [0.29, 0.717) is 6.20 Å². The molecule has 1 rings (SSSR count). The van der Waals surface area contributed by atoms with Crippen LogP contribution in [0.25, 0.3) is 0 Å². The molecule has 0 bridgehead atoms. The zero-order valence-electron chi connectivity index (χ0n) is 7.50. The molecule has 0 aliphatic heterocycles. The Morgan fingerprint density at radius 3 is 2.33 bits per heavy atom. The fourth-order valence-electron chi connectivity index (χ4n) is 1.09. The molecular formula is C6H6N4O5. The molecule has 9 nitrogen and oxygen atoms in total. The largest absolute Gasteiger partial charge is 0.426 e. The molecular weight excluding hydrogens is 208 g/mol. The Balaban J connectivity index is 3.72. The predicted octanol–water partition coefficient (Wildman–Crippen LogP) is 0.330. The van der Waals surface area contributed by atoms with Gasteiger partial charge in [0, 0.05) is 0 Å². The van der Waals surface area contributed by atoms with Crippen molar-refractivity contribution in [3.8, 4) is 0 Å². The summed E-state index contributed by atoms with van der Waals surface area (Å²) >= 11 is 0. The van der Waals surface area contributed by atoms with Gasteiger partial charge in [-0.2, -0.15) is 4.73 Å². The summed E-state index contributed by atoms with van der Waals surface area (Å²) in [4.78, 5) is 19.2. The Hall–Kier alpha value is -2.45. The molecule has 0 radical (unpaired) electrons. The zero-order valence-corrected chi connectivity index (χ0v) is 7.50. The van der Waals surface area contributed by atoms with E-state index in [-0.39, 0.29) is 10.3 Å². The summed E-state index contributed by atoms with van der Waals surface area (Å²) in [5, 5.41) is 37.1. The number of hydrogen-bond donors (Lipinski definition) is 2. The maximum Gasteiger partial charge on any atom is 0.324 e. The molecule has 1 aromatic rings.